The molecule has 0 fully saturated rings. The molecular weight excluding hydrogens is 306 g/mol. The van der Waals surface area contributed by atoms with Gasteiger partial charge in [-0.05, 0) is 57.9 Å². The summed E-state index contributed by atoms with van der Waals surface area (Å²) in [5, 5.41) is 0. The summed E-state index contributed by atoms with van der Waals surface area (Å²) in [4.78, 5) is 0. The lowest BCUT2D eigenvalue weighted by molar-refractivity contribution is 0.475. The van der Waals surface area contributed by atoms with Crippen LogP contribution in [0.2, 0.25) is 0 Å². The summed E-state index contributed by atoms with van der Waals surface area (Å²) in [7, 11) is 0. The Hall–Kier alpha value is -1.78. The van der Waals surface area contributed by atoms with E-state index in [1.165, 1.54) is 0 Å². The van der Waals surface area contributed by atoms with Crippen molar-refractivity contribution in [3.05, 3.63) is 59.2 Å². The molecule has 4 heteroatoms. The Bertz CT molecular complexity index is 685. The number of aryl methyl sites for hydroxylation is 2. The Morgan fingerprint density at radius 2 is 1.65 bits per heavy atom. The zero-order chi connectivity index (χ0) is 17.0. The normalized spacial score (nSPS) is 13.3. The van der Waals surface area contributed by atoms with Gasteiger partial charge in [-0.1, -0.05) is 34.7 Å². The molecule has 0 aliphatic rings. The van der Waals surface area contributed by atoms with Crippen molar-refractivity contribution in [1.29, 1.82) is 0 Å². The van der Waals surface area contributed by atoms with E-state index in [0.29, 0.717) is 0 Å². The highest BCUT2D eigenvalue weighted by Crippen LogP contribution is 2.28. The van der Waals surface area contributed by atoms with Crippen molar-refractivity contribution in [3.8, 4) is 11.5 Å². The van der Waals surface area contributed by atoms with E-state index in [4.69, 9.17) is 4.74 Å². The first-order valence-corrected chi connectivity index (χ1v) is 8.68. The van der Waals surface area contributed by atoms with Crippen molar-refractivity contribution in [2.45, 2.75) is 39.4 Å². The van der Waals surface area contributed by atoms with Gasteiger partial charge in [-0.25, -0.2) is 0 Å². The molecule has 0 aliphatic carbocycles. The van der Waals surface area contributed by atoms with Crippen LogP contribution in [-0.2, 0) is 11.4 Å². The van der Waals surface area contributed by atoms with E-state index < -0.39 is 11.4 Å². The minimum atomic E-state index is -1.26. The molecule has 0 aromatic heterocycles. The predicted molar refractivity (Wildman–Crippen MR) is 97.9 cm³/mol. The van der Waals surface area contributed by atoms with Gasteiger partial charge in [0.05, 0.1) is 6.21 Å². The SMILES string of the molecule is Cc1cccc(C)c1Oc1cccc(/C=N/[S+]([O-])C(C)(C)C)c1. The molecular formula is C19H23NO2S. The molecule has 2 rings (SSSR count). The summed E-state index contributed by atoms with van der Waals surface area (Å²) in [6, 6.07) is 13.7. The average Bonchev–Trinajstić information content (AvgIpc) is 2.48. The van der Waals surface area contributed by atoms with Crippen LogP contribution in [0, 0.1) is 13.8 Å². The maximum absolute atomic E-state index is 12.0. The predicted octanol–water partition coefficient (Wildman–Crippen LogP) is 4.98. The van der Waals surface area contributed by atoms with E-state index >= 15 is 0 Å². The summed E-state index contributed by atoms with van der Waals surface area (Å²) in [6.07, 6.45) is 1.64. The monoisotopic (exact) mass is 329 g/mol. The van der Waals surface area contributed by atoms with E-state index in [9.17, 15) is 4.55 Å². The quantitative estimate of drug-likeness (QED) is 0.587. The Morgan fingerprint density at radius 3 is 2.26 bits per heavy atom. The Labute approximate surface area is 141 Å². The molecule has 0 saturated carbocycles. The van der Waals surface area contributed by atoms with Crippen LogP contribution in [0.3, 0.4) is 0 Å². The lowest BCUT2D eigenvalue weighted by Gasteiger charge is -2.17. The average molecular weight is 329 g/mol. The minimum Gasteiger partial charge on any atom is -0.591 e. The van der Waals surface area contributed by atoms with Crippen LogP contribution < -0.4 is 4.74 Å². The summed E-state index contributed by atoms with van der Waals surface area (Å²) in [6.45, 7) is 9.77. The smallest absolute Gasteiger partial charge is 0.144 e. The molecule has 2 aromatic rings. The molecule has 1 atom stereocenters. The molecule has 23 heavy (non-hydrogen) atoms. The van der Waals surface area contributed by atoms with Gasteiger partial charge in [0.2, 0.25) is 0 Å². The highest BCUT2D eigenvalue weighted by Gasteiger charge is 2.25. The van der Waals surface area contributed by atoms with Gasteiger partial charge in [-0.15, -0.1) is 0 Å². The second-order valence-corrected chi connectivity index (χ2v) is 8.43. The molecule has 122 valence electrons. The molecule has 0 amide bonds. The molecule has 0 spiro atoms. The fourth-order valence-electron chi connectivity index (χ4n) is 2.00. The number of benzene rings is 2. The molecule has 3 nitrogen and oxygen atoms in total. The minimum absolute atomic E-state index is 0.358. The van der Waals surface area contributed by atoms with Crippen molar-refractivity contribution >= 4 is 17.6 Å². The fourth-order valence-corrected chi connectivity index (χ4v) is 2.54. The molecule has 0 radical (unpaired) electrons. The summed E-state index contributed by atoms with van der Waals surface area (Å²) < 4.78 is 21.8. The number of hydrogen-bond acceptors (Lipinski definition) is 3. The Morgan fingerprint density at radius 1 is 1.04 bits per heavy atom. The van der Waals surface area contributed by atoms with Gasteiger partial charge in [-0.2, -0.15) is 0 Å². The zero-order valence-corrected chi connectivity index (χ0v) is 15.1. The summed E-state index contributed by atoms with van der Waals surface area (Å²) >= 11 is -1.26. The second-order valence-electron chi connectivity index (χ2n) is 6.49. The lowest BCUT2D eigenvalue weighted by Crippen LogP contribution is -2.25. The van der Waals surface area contributed by atoms with Crippen molar-refractivity contribution in [2.24, 2.45) is 4.40 Å². The van der Waals surface area contributed by atoms with Gasteiger partial charge >= 0.3 is 0 Å². The van der Waals surface area contributed by atoms with Gasteiger partial charge in [-0.3, -0.25) is 0 Å². The van der Waals surface area contributed by atoms with Gasteiger partial charge in [0, 0.05) is 5.56 Å². The standard InChI is InChI=1S/C19H23NO2S/c1-14-8-6-9-15(2)18(14)22-17-11-7-10-16(12-17)13-20-23(21)19(3,4)5/h6-13H,1-5H3/b20-13+. The first-order chi connectivity index (χ1) is 10.8. The molecule has 0 N–H and O–H groups in total. The Balaban J connectivity index is 2.19. The van der Waals surface area contributed by atoms with Gasteiger partial charge in [0.25, 0.3) is 0 Å². The van der Waals surface area contributed by atoms with Crippen LogP contribution in [0.25, 0.3) is 0 Å². The topological polar surface area (TPSA) is 44.6 Å². The van der Waals surface area contributed by atoms with Crippen molar-refractivity contribution in [3.63, 3.8) is 0 Å². The summed E-state index contributed by atoms with van der Waals surface area (Å²) in [5.74, 6) is 1.62. The van der Waals surface area contributed by atoms with E-state index in [-0.39, 0.29) is 4.75 Å². The van der Waals surface area contributed by atoms with Crippen LogP contribution >= 0.6 is 0 Å². The third-order valence-electron chi connectivity index (χ3n) is 3.31. The van der Waals surface area contributed by atoms with Crippen molar-refractivity contribution in [2.75, 3.05) is 0 Å². The van der Waals surface area contributed by atoms with Crippen LogP contribution in [0.15, 0.2) is 46.9 Å². The molecule has 0 aliphatic heterocycles. The van der Waals surface area contributed by atoms with E-state index in [1.807, 2.05) is 77.1 Å². The van der Waals surface area contributed by atoms with Crippen LogP contribution in [0.5, 0.6) is 11.5 Å². The van der Waals surface area contributed by atoms with E-state index in [1.54, 1.807) is 6.21 Å². The maximum Gasteiger partial charge on any atom is 0.144 e. The van der Waals surface area contributed by atoms with Crippen LogP contribution in [0.4, 0.5) is 0 Å². The Kier molecular flexibility index (Phi) is 5.50. The highest BCUT2D eigenvalue weighted by atomic mass is 32.2. The fraction of sp³-hybridized carbons (Fsp3) is 0.316. The molecule has 0 heterocycles. The van der Waals surface area contributed by atoms with Crippen LogP contribution in [0.1, 0.15) is 37.5 Å². The lowest BCUT2D eigenvalue weighted by atomic mass is 10.1. The molecule has 1 unspecified atom stereocenters. The first-order valence-electron chi connectivity index (χ1n) is 7.57. The highest BCUT2D eigenvalue weighted by molar-refractivity contribution is 7.91. The number of nitrogens with zero attached hydrogens (tertiary/aromatic N) is 1. The van der Waals surface area contributed by atoms with Gasteiger partial charge in [0.1, 0.15) is 27.6 Å². The molecule has 0 bridgehead atoms. The molecule has 0 saturated heterocycles. The number of para-hydroxylation sites is 1. The third kappa shape index (κ3) is 4.85. The van der Waals surface area contributed by atoms with Crippen molar-refractivity contribution in [1.82, 2.24) is 0 Å². The largest absolute Gasteiger partial charge is 0.591 e. The number of ether oxygens (including phenoxy) is 1. The maximum atomic E-state index is 12.0. The first kappa shape index (κ1) is 17.6. The summed E-state index contributed by atoms with van der Waals surface area (Å²) in [5.41, 5.74) is 3.06. The van der Waals surface area contributed by atoms with E-state index in [2.05, 4.69) is 4.40 Å². The van der Waals surface area contributed by atoms with Crippen molar-refractivity contribution < 1.29 is 9.29 Å². The third-order valence-corrected chi connectivity index (χ3v) is 4.65. The zero-order valence-electron chi connectivity index (χ0n) is 14.3. The van der Waals surface area contributed by atoms with Gasteiger partial charge in [0.15, 0.2) is 0 Å². The molecule has 2 aromatic carbocycles. The van der Waals surface area contributed by atoms with Crippen LogP contribution in [-0.4, -0.2) is 15.5 Å². The number of rotatable bonds is 4. The second kappa shape index (κ2) is 7.20. The van der Waals surface area contributed by atoms with E-state index in [0.717, 1.165) is 28.2 Å². The van der Waals surface area contributed by atoms with Gasteiger partial charge < -0.3 is 9.29 Å². The number of hydrogen-bond donors (Lipinski definition) is 0.